The van der Waals surface area contributed by atoms with Gasteiger partial charge in [0, 0.05) is 24.2 Å². The SMILES string of the molecule is CCN[C@H](C)CNC(=O)c1cc(-c2ccccc2C)nc2c1cnn2C(C)C. The van der Waals surface area contributed by atoms with Gasteiger partial charge in [-0.05, 0) is 45.9 Å². The van der Waals surface area contributed by atoms with Gasteiger partial charge >= 0.3 is 0 Å². The maximum absolute atomic E-state index is 13.0. The number of pyridine rings is 1. The topological polar surface area (TPSA) is 71.8 Å². The minimum atomic E-state index is -0.102. The normalized spacial score (nSPS) is 12.5. The molecule has 2 heterocycles. The highest BCUT2D eigenvalue weighted by molar-refractivity contribution is 6.06. The van der Waals surface area contributed by atoms with Crippen molar-refractivity contribution in [3.05, 3.63) is 47.7 Å². The molecule has 1 aromatic carbocycles. The molecule has 0 saturated carbocycles. The fourth-order valence-electron chi connectivity index (χ4n) is 3.34. The minimum Gasteiger partial charge on any atom is -0.350 e. The summed E-state index contributed by atoms with van der Waals surface area (Å²) in [7, 11) is 0. The van der Waals surface area contributed by atoms with Crippen LogP contribution in [0, 0.1) is 6.92 Å². The van der Waals surface area contributed by atoms with Gasteiger partial charge in [0.15, 0.2) is 5.65 Å². The summed E-state index contributed by atoms with van der Waals surface area (Å²) in [5, 5.41) is 11.6. The van der Waals surface area contributed by atoms with Crippen LogP contribution >= 0.6 is 0 Å². The van der Waals surface area contributed by atoms with Crippen LogP contribution < -0.4 is 10.6 Å². The first-order valence-corrected chi connectivity index (χ1v) is 9.88. The molecule has 2 N–H and O–H groups in total. The number of hydrogen-bond donors (Lipinski definition) is 2. The number of hydrogen-bond acceptors (Lipinski definition) is 4. The average Bonchev–Trinajstić information content (AvgIpc) is 3.10. The van der Waals surface area contributed by atoms with Gasteiger partial charge in [-0.1, -0.05) is 31.2 Å². The number of nitrogens with one attached hydrogen (secondary N) is 2. The van der Waals surface area contributed by atoms with Crippen LogP contribution in [0.5, 0.6) is 0 Å². The zero-order valence-electron chi connectivity index (χ0n) is 17.3. The number of benzene rings is 1. The monoisotopic (exact) mass is 379 g/mol. The zero-order chi connectivity index (χ0) is 20.3. The molecular weight excluding hydrogens is 350 g/mol. The van der Waals surface area contributed by atoms with Gasteiger partial charge < -0.3 is 10.6 Å². The molecule has 6 heteroatoms. The van der Waals surface area contributed by atoms with E-state index in [2.05, 4.69) is 56.4 Å². The first-order chi connectivity index (χ1) is 13.4. The molecule has 0 aliphatic rings. The summed E-state index contributed by atoms with van der Waals surface area (Å²) in [4.78, 5) is 17.9. The summed E-state index contributed by atoms with van der Waals surface area (Å²) in [6.07, 6.45) is 1.74. The third-order valence-corrected chi connectivity index (χ3v) is 4.84. The molecule has 0 unspecified atom stereocenters. The van der Waals surface area contributed by atoms with Crippen molar-refractivity contribution in [2.45, 2.75) is 46.7 Å². The Bertz CT molecular complexity index is 976. The van der Waals surface area contributed by atoms with Crippen LogP contribution in [0.15, 0.2) is 36.5 Å². The van der Waals surface area contributed by atoms with E-state index in [1.54, 1.807) is 6.20 Å². The summed E-state index contributed by atoms with van der Waals surface area (Å²) in [5.41, 5.74) is 4.28. The Labute approximate surface area is 166 Å². The van der Waals surface area contributed by atoms with Gasteiger partial charge in [0.05, 0.1) is 22.8 Å². The van der Waals surface area contributed by atoms with Gasteiger partial charge in [0.1, 0.15) is 0 Å². The van der Waals surface area contributed by atoms with Crippen molar-refractivity contribution in [1.29, 1.82) is 0 Å². The molecule has 2 aromatic heterocycles. The second-order valence-corrected chi connectivity index (χ2v) is 7.46. The number of aromatic nitrogens is 3. The van der Waals surface area contributed by atoms with Crippen LogP contribution in [0.1, 0.15) is 49.7 Å². The molecule has 0 aliphatic heterocycles. The minimum absolute atomic E-state index is 0.102. The Kier molecular flexibility index (Phi) is 6.09. The molecule has 0 aliphatic carbocycles. The quantitative estimate of drug-likeness (QED) is 0.656. The van der Waals surface area contributed by atoms with E-state index in [4.69, 9.17) is 4.98 Å². The van der Waals surface area contributed by atoms with Crippen LogP contribution in [0.4, 0.5) is 0 Å². The Morgan fingerprint density at radius 2 is 1.96 bits per heavy atom. The van der Waals surface area contributed by atoms with Gasteiger partial charge in [-0.25, -0.2) is 9.67 Å². The molecule has 0 saturated heterocycles. The molecular formula is C22H29N5O. The van der Waals surface area contributed by atoms with Gasteiger partial charge in [-0.15, -0.1) is 0 Å². The van der Waals surface area contributed by atoms with E-state index in [9.17, 15) is 4.79 Å². The fraction of sp³-hybridized carbons (Fsp3) is 0.409. The second-order valence-electron chi connectivity index (χ2n) is 7.46. The summed E-state index contributed by atoms with van der Waals surface area (Å²) in [5.74, 6) is -0.102. The maximum atomic E-state index is 13.0. The molecule has 6 nitrogen and oxygen atoms in total. The number of fused-ring (bicyclic) bond motifs is 1. The molecule has 3 rings (SSSR count). The summed E-state index contributed by atoms with van der Waals surface area (Å²) in [6, 6.07) is 10.3. The highest BCUT2D eigenvalue weighted by Crippen LogP contribution is 2.28. The van der Waals surface area contributed by atoms with Gasteiger partial charge in [0.25, 0.3) is 5.91 Å². The molecule has 1 atom stereocenters. The number of carbonyl (C=O) groups is 1. The van der Waals surface area contributed by atoms with Gasteiger partial charge in [-0.3, -0.25) is 4.79 Å². The molecule has 28 heavy (non-hydrogen) atoms. The first-order valence-electron chi connectivity index (χ1n) is 9.88. The Morgan fingerprint density at radius 1 is 1.21 bits per heavy atom. The van der Waals surface area contributed by atoms with Gasteiger partial charge in [-0.2, -0.15) is 5.10 Å². The van der Waals surface area contributed by atoms with Crippen LogP contribution in [-0.4, -0.2) is 39.8 Å². The maximum Gasteiger partial charge on any atom is 0.252 e. The second kappa shape index (κ2) is 8.52. The van der Waals surface area contributed by atoms with E-state index in [-0.39, 0.29) is 18.0 Å². The largest absolute Gasteiger partial charge is 0.350 e. The van der Waals surface area contributed by atoms with Crippen molar-refractivity contribution in [3.8, 4) is 11.3 Å². The van der Waals surface area contributed by atoms with Gasteiger partial charge in [0.2, 0.25) is 0 Å². The number of amides is 1. The van der Waals surface area contributed by atoms with Crippen LogP contribution in [0.3, 0.4) is 0 Å². The van der Waals surface area contributed by atoms with Crippen LogP contribution in [0.2, 0.25) is 0 Å². The number of likely N-dealkylation sites (N-methyl/N-ethyl adjacent to an activating group) is 1. The average molecular weight is 380 g/mol. The standard InChI is InChI=1S/C22H29N5O/c1-6-23-16(5)12-24-22(28)18-11-20(17-10-8-7-9-15(17)4)26-21-19(18)13-25-27(21)14(2)3/h7-11,13-14,16,23H,6,12H2,1-5H3,(H,24,28)/t16-/m1/s1. The lowest BCUT2D eigenvalue weighted by molar-refractivity contribution is 0.0952. The first kappa shape index (κ1) is 20.0. The van der Waals surface area contributed by atoms with Crippen molar-refractivity contribution in [2.24, 2.45) is 0 Å². The van der Waals surface area contributed by atoms with E-state index < -0.39 is 0 Å². The highest BCUT2D eigenvalue weighted by Gasteiger charge is 2.19. The van der Waals surface area contributed by atoms with Crippen molar-refractivity contribution < 1.29 is 4.79 Å². The molecule has 148 valence electrons. The van der Waals surface area contributed by atoms with E-state index in [1.807, 2.05) is 28.9 Å². The smallest absolute Gasteiger partial charge is 0.252 e. The lowest BCUT2D eigenvalue weighted by Gasteiger charge is -2.15. The third kappa shape index (κ3) is 4.07. The lowest BCUT2D eigenvalue weighted by atomic mass is 10.0. The fourth-order valence-corrected chi connectivity index (χ4v) is 3.34. The number of aryl methyl sites for hydroxylation is 1. The number of rotatable bonds is 7. The predicted octanol–water partition coefficient (Wildman–Crippen LogP) is 3.72. The molecule has 0 radical (unpaired) electrons. The molecule has 1 amide bonds. The lowest BCUT2D eigenvalue weighted by Crippen LogP contribution is -2.38. The van der Waals surface area contributed by atoms with Crippen molar-refractivity contribution >= 4 is 16.9 Å². The molecule has 0 fully saturated rings. The number of nitrogens with zero attached hydrogens (tertiary/aromatic N) is 3. The van der Waals surface area contributed by atoms with E-state index in [0.29, 0.717) is 12.1 Å². The zero-order valence-corrected chi connectivity index (χ0v) is 17.3. The van der Waals surface area contributed by atoms with Crippen LogP contribution in [0.25, 0.3) is 22.3 Å². The summed E-state index contributed by atoms with van der Waals surface area (Å²) in [6.45, 7) is 11.7. The predicted molar refractivity (Wildman–Crippen MR) is 114 cm³/mol. The van der Waals surface area contributed by atoms with Crippen molar-refractivity contribution in [2.75, 3.05) is 13.1 Å². The Hall–Kier alpha value is -2.73. The highest BCUT2D eigenvalue weighted by atomic mass is 16.1. The van der Waals surface area contributed by atoms with E-state index in [0.717, 1.165) is 34.4 Å². The van der Waals surface area contributed by atoms with Crippen LogP contribution in [-0.2, 0) is 0 Å². The Balaban J connectivity index is 2.08. The Morgan fingerprint density at radius 3 is 2.64 bits per heavy atom. The summed E-state index contributed by atoms with van der Waals surface area (Å²) >= 11 is 0. The van der Waals surface area contributed by atoms with E-state index in [1.165, 1.54) is 0 Å². The third-order valence-electron chi connectivity index (χ3n) is 4.84. The summed E-state index contributed by atoms with van der Waals surface area (Å²) < 4.78 is 1.87. The van der Waals surface area contributed by atoms with Crippen molar-refractivity contribution in [1.82, 2.24) is 25.4 Å². The van der Waals surface area contributed by atoms with Crippen molar-refractivity contribution in [3.63, 3.8) is 0 Å². The molecule has 0 spiro atoms. The molecule has 0 bridgehead atoms. The number of carbonyl (C=O) groups excluding carboxylic acids is 1. The molecule has 3 aromatic rings. The van der Waals surface area contributed by atoms with E-state index >= 15 is 0 Å².